The van der Waals surface area contributed by atoms with Crippen molar-refractivity contribution < 1.29 is 14.7 Å². The summed E-state index contributed by atoms with van der Waals surface area (Å²) in [7, 11) is 0. The number of aliphatic hydroxyl groups is 1. The van der Waals surface area contributed by atoms with Crippen molar-refractivity contribution in [3.63, 3.8) is 0 Å². The lowest BCUT2D eigenvalue weighted by molar-refractivity contribution is -0.166. The van der Waals surface area contributed by atoms with Crippen molar-refractivity contribution in [3.05, 3.63) is 65.5 Å². The third-order valence-electron chi connectivity index (χ3n) is 7.23. The van der Waals surface area contributed by atoms with E-state index in [-0.39, 0.29) is 49.4 Å². The Morgan fingerprint density at radius 1 is 1.12 bits per heavy atom. The normalized spacial score (nSPS) is 24.6. The van der Waals surface area contributed by atoms with E-state index in [4.69, 9.17) is 0 Å². The minimum absolute atomic E-state index is 0.00115. The predicted octanol–water partition coefficient (Wildman–Crippen LogP) is 2.36. The number of aliphatic hydroxyl groups excluding tert-OH is 1. The van der Waals surface area contributed by atoms with Gasteiger partial charge in [-0.15, -0.1) is 0 Å². The molecule has 3 aliphatic rings. The van der Waals surface area contributed by atoms with E-state index in [1.807, 2.05) is 30.3 Å². The van der Waals surface area contributed by atoms with E-state index in [2.05, 4.69) is 29.0 Å². The van der Waals surface area contributed by atoms with Crippen LogP contribution in [-0.2, 0) is 16.0 Å². The van der Waals surface area contributed by atoms with E-state index in [0.717, 1.165) is 11.1 Å². The predicted molar refractivity (Wildman–Crippen MR) is 124 cm³/mol. The van der Waals surface area contributed by atoms with Crippen molar-refractivity contribution in [2.75, 3.05) is 19.7 Å². The maximum absolute atomic E-state index is 12.9. The van der Waals surface area contributed by atoms with Gasteiger partial charge in [-0.2, -0.15) is 0 Å². The fourth-order valence-electron chi connectivity index (χ4n) is 5.50. The van der Waals surface area contributed by atoms with Crippen LogP contribution in [0.1, 0.15) is 48.4 Å². The third kappa shape index (κ3) is 4.38. The molecule has 33 heavy (non-hydrogen) atoms. The summed E-state index contributed by atoms with van der Waals surface area (Å²) in [5.41, 5.74) is 2.77. The molecule has 3 heterocycles. The summed E-state index contributed by atoms with van der Waals surface area (Å²) in [6, 6.07) is 13.3. The van der Waals surface area contributed by atoms with Gasteiger partial charge in [-0.05, 0) is 42.7 Å². The van der Waals surface area contributed by atoms with Crippen molar-refractivity contribution in [2.24, 2.45) is 5.92 Å². The smallest absolute Gasteiger partial charge is 0.242 e. The molecule has 2 amide bonds. The van der Waals surface area contributed by atoms with Gasteiger partial charge in [0.15, 0.2) is 0 Å². The summed E-state index contributed by atoms with van der Waals surface area (Å²) in [5.74, 6) is 7.02. The topological polar surface area (TPSA) is 73.7 Å². The van der Waals surface area contributed by atoms with Gasteiger partial charge in [0, 0.05) is 35.8 Å². The van der Waals surface area contributed by atoms with E-state index in [0.29, 0.717) is 18.2 Å². The molecule has 1 N–H and O–H groups in total. The number of fused-ring (bicyclic) bond motifs is 1. The Morgan fingerprint density at radius 3 is 2.61 bits per heavy atom. The highest BCUT2D eigenvalue weighted by atomic mass is 16.3. The zero-order chi connectivity index (χ0) is 22.8. The second-order valence-corrected chi connectivity index (χ2v) is 9.29. The van der Waals surface area contributed by atoms with Crippen LogP contribution < -0.4 is 0 Å². The van der Waals surface area contributed by atoms with Crippen LogP contribution in [0, 0.1) is 17.8 Å². The molecule has 1 aromatic heterocycles. The van der Waals surface area contributed by atoms with Crippen LogP contribution in [0.4, 0.5) is 0 Å². The molecule has 1 aliphatic carbocycles. The number of amides is 2. The monoisotopic (exact) mass is 443 g/mol. The molecule has 6 heteroatoms. The van der Waals surface area contributed by atoms with Gasteiger partial charge in [-0.25, -0.2) is 0 Å². The Morgan fingerprint density at radius 2 is 1.91 bits per heavy atom. The van der Waals surface area contributed by atoms with Crippen LogP contribution >= 0.6 is 0 Å². The van der Waals surface area contributed by atoms with E-state index in [1.165, 1.54) is 25.7 Å². The van der Waals surface area contributed by atoms with Crippen molar-refractivity contribution in [1.82, 2.24) is 14.8 Å². The highest BCUT2D eigenvalue weighted by Crippen LogP contribution is 2.43. The summed E-state index contributed by atoms with van der Waals surface area (Å²) < 4.78 is 0. The summed E-state index contributed by atoms with van der Waals surface area (Å²) in [5, 5.41) is 10.00. The van der Waals surface area contributed by atoms with Crippen LogP contribution in [0.25, 0.3) is 0 Å². The summed E-state index contributed by atoms with van der Waals surface area (Å²) in [6.45, 7) is 0.445. The van der Waals surface area contributed by atoms with Crippen LogP contribution in [0.3, 0.4) is 0 Å². The van der Waals surface area contributed by atoms with Gasteiger partial charge in [0.05, 0.1) is 31.7 Å². The number of rotatable bonds is 4. The molecular formula is C27H29N3O3. The Bertz CT molecular complexity index is 1070. The number of hydrogen-bond donors (Lipinski definition) is 1. The van der Waals surface area contributed by atoms with Crippen LogP contribution in [0.2, 0.25) is 0 Å². The lowest BCUT2D eigenvalue weighted by Crippen LogP contribution is -2.73. The number of hydrogen-bond acceptors (Lipinski definition) is 4. The standard InChI is InChI=1S/C27H29N3O3/c31-18-24-27(21-12-10-20(11-13-21)9-8-19-5-1-2-6-19)23-16-29(17-26(33)30(23)24)25(32)15-22-7-3-4-14-28-22/h3-4,7,10-14,19,23-24,27,31H,1-2,5-6,15-18H2/t23-,24-,27-/m1/s1. The molecule has 5 rings (SSSR count). The molecule has 6 nitrogen and oxygen atoms in total. The van der Waals surface area contributed by atoms with Crippen LogP contribution in [-0.4, -0.2) is 63.5 Å². The Hall–Kier alpha value is -3.17. The zero-order valence-corrected chi connectivity index (χ0v) is 18.7. The fourth-order valence-corrected chi connectivity index (χ4v) is 5.50. The lowest BCUT2D eigenvalue weighted by atomic mass is 9.73. The van der Waals surface area contributed by atoms with E-state index >= 15 is 0 Å². The number of aromatic nitrogens is 1. The molecule has 170 valence electrons. The van der Waals surface area contributed by atoms with Gasteiger partial charge in [-0.3, -0.25) is 14.6 Å². The van der Waals surface area contributed by atoms with E-state index in [9.17, 15) is 14.7 Å². The van der Waals surface area contributed by atoms with Crippen molar-refractivity contribution >= 4 is 11.8 Å². The number of pyridine rings is 1. The number of benzene rings is 1. The van der Waals surface area contributed by atoms with Gasteiger partial charge in [-0.1, -0.05) is 42.9 Å². The van der Waals surface area contributed by atoms with Gasteiger partial charge >= 0.3 is 0 Å². The van der Waals surface area contributed by atoms with Crippen molar-refractivity contribution in [3.8, 4) is 11.8 Å². The van der Waals surface area contributed by atoms with E-state index < -0.39 is 0 Å². The Labute approximate surface area is 194 Å². The first-order valence-electron chi connectivity index (χ1n) is 11.9. The van der Waals surface area contributed by atoms with Gasteiger partial charge < -0.3 is 14.9 Å². The molecule has 0 radical (unpaired) electrons. The highest BCUT2D eigenvalue weighted by molar-refractivity contribution is 5.88. The minimum atomic E-state index is -0.244. The number of nitrogens with zero attached hydrogens (tertiary/aromatic N) is 3. The van der Waals surface area contributed by atoms with E-state index in [1.54, 1.807) is 16.0 Å². The van der Waals surface area contributed by atoms with Gasteiger partial charge in [0.25, 0.3) is 0 Å². The van der Waals surface area contributed by atoms with Crippen LogP contribution in [0.5, 0.6) is 0 Å². The number of carbonyl (C=O) groups excluding carboxylic acids is 2. The lowest BCUT2D eigenvalue weighted by Gasteiger charge is -2.58. The summed E-state index contributed by atoms with van der Waals surface area (Å²) in [4.78, 5) is 33.3. The molecule has 3 fully saturated rings. The maximum Gasteiger partial charge on any atom is 0.242 e. The van der Waals surface area contributed by atoms with Crippen molar-refractivity contribution in [1.29, 1.82) is 0 Å². The quantitative estimate of drug-likeness (QED) is 0.737. The van der Waals surface area contributed by atoms with Gasteiger partial charge in [0.1, 0.15) is 0 Å². The first kappa shape index (κ1) is 21.7. The number of piperazine rings is 1. The Kier molecular flexibility index (Phi) is 6.15. The largest absolute Gasteiger partial charge is 0.394 e. The molecule has 0 unspecified atom stereocenters. The van der Waals surface area contributed by atoms with Gasteiger partial charge in [0.2, 0.25) is 11.8 Å². The highest BCUT2D eigenvalue weighted by Gasteiger charge is 2.54. The minimum Gasteiger partial charge on any atom is -0.394 e. The third-order valence-corrected chi connectivity index (χ3v) is 7.23. The molecule has 3 atom stereocenters. The molecule has 2 aliphatic heterocycles. The summed E-state index contributed by atoms with van der Waals surface area (Å²) in [6.07, 6.45) is 6.81. The van der Waals surface area contributed by atoms with Crippen LogP contribution in [0.15, 0.2) is 48.7 Å². The SMILES string of the molecule is O=C(Cc1ccccn1)N1CC(=O)N2[C@H](CO)[C@H](c3ccc(C#CC4CCCC4)cc3)[C@H]2C1. The second-order valence-electron chi connectivity index (χ2n) is 9.29. The second kappa shape index (κ2) is 9.36. The fraction of sp³-hybridized carbons (Fsp3) is 0.444. The number of carbonyl (C=O) groups is 2. The first-order chi connectivity index (χ1) is 16.1. The molecule has 2 saturated heterocycles. The molecule has 0 bridgehead atoms. The average Bonchev–Trinajstić information content (AvgIpc) is 3.34. The Balaban J connectivity index is 1.29. The maximum atomic E-state index is 12.9. The molecule has 0 spiro atoms. The molecule has 1 aromatic carbocycles. The average molecular weight is 444 g/mol. The molecule has 1 saturated carbocycles. The molecule has 2 aromatic rings. The summed E-state index contributed by atoms with van der Waals surface area (Å²) >= 11 is 0. The zero-order valence-electron chi connectivity index (χ0n) is 18.7. The first-order valence-corrected chi connectivity index (χ1v) is 11.9. The molecular weight excluding hydrogens is 414 g/mol. The van der Waals surface area contributed by atoms with Crippen molar-refractivity contribution in [2.45, 2.75) is 50.1 Å².